The number of ether oxygens (including phenoxy) is 2. The van der Waals surface area contributed by atoms with Gasteiger partial charge in [0.15, 0.2) is 0 Å². The summed E-state index contributed by atoms with van der Waals surface area (Å²) >= 11 is 0. The van der Waals surface area contributed by atoms with Crippen LogP contribution >= 0.6 is 0 Å². The van der Waals surface area contributed by atoms with Crippen LogP contribution in [0.1, 0.15) is 12.0 Å². The molecule has 0 aliphatic carbocycles. The minimum Gasteiger partial charge on any atom is -0.495 e. The van der Waals surface area contributed by atoms with Crippen molar-refractivity contribution in [3.05, 3.63) is 23.8 Å². The number of sulfonamides is 1. The predicted octanol–water partition coefficient (Wildman–Crippen LogP) is 0.255. The van der Waals surface area contributed by atoms with Crippen molar-refractivity contribution in [3.63, 3.8) is 0 Å². The van der Waals surface area contributed by atoms with Gasteiger partial charge in [-0.1, -0.05) is 6.07 Å². The van der Waals surface area contributed by atoms with Crippen molar-refractivity contribution >= 4 is 10.0 Å². The van der Waals surface area contributed by atoms with E-state index >= 15 is 0 Å². The lowest BCUT2D eigenvalue weighted by atomic mass is 10.2. The van der Waals surface area contributed by atoms with E-state index in [0.717, 1.165) is 0 Å². The number of nitrogens with one attached hydrogen (secondary N) is 1. The zero-order chi connectivity index (χ0) is 13.9. The highest BCUT2D eigenvalue weighted by molar-refractivity contribution is 7.89. The zero-order valence-corrected chi connectivity index (χ0v) is 11.4. The van der Waals surface area contributed by atoms with Crippen LogP contribution in [0.3, 0.4) is 0 Å². The van der Waals surface area contributed by atoms with E-state index in [1.54, 1.807) is 6.07 Å². The van der Waals surface area contributed by atoms with Crippen LogP contribution in [0.2, 0.25) is 0 Å². The second-order valence-corrected chi connectivity index (χ2v) is 6.01. The summed E-state index contributed by atoms with van der Waals surface area (Å²) in [7, 11) is -2.25. The highest BCUT2D eigenvalue weighted by Gasteiger charge is 2.26. The highest BCUT2D eigenvalue weighted by atomic mass is 32.2. The topological polar surface area (TPSA) is 84.9 Å². The quantitative estimate of drug-likeness (QED) is 0.811. The van der Waals surface area contributed by atoms with E-state index in [-0.39, 0.29) is 23.3 Å². The number of hydrogen-bond donors (Lipinski definition) is 2. The summed E-state index contributed by atoms with van der Waals surface area (Å²) in [5, 5.41) is 9.04. The van der Waals surface area contributed by atoms with Gasteiger partial charge in [-0.2, -0.15) is 0 Å². The lowest BCUT2D eigenvalue weighted by Crippen LogP contribution is -2.35. The summed E-state index contributed by atoms with van der Waals surface area (Å²) in [5.41, 5.74) is 0.597. The number of benzene rings is 1. The van der Waals surface area contributed by atoms with E-state index < -0.39 is 10.0 Å². The first-order chi connectivity index (χ1) is 9.06. The lowest BCUT2D eigenvalue weighted by molar-refractivity contribution is 0.192. The maximum atomic E-state index is 12.3. The molecule has 1 unspecified atom stereocenters. The minimum atomic E-state index is -3.65. The van der Waals surface area contributed by atoms with Crippen molar-refractivity contribution in [2.75, 3.05) is 20.3 Å². The summed E-state index contributed by atoms with van der Waals surface area (Å²) in [6, 6.07) is 4.30. The molecule has 2 N–H and O–H groups in total. The van der Waals surface area contributed by atoms with Gasteiger partial charge in [0.25, 0.3) is 0 Å². The Bertz CT molecular complexity index is 537. The monoisotopic (exact) mass is 287 g/mol. The summed E-state index contributed by atoms with van der Waals surface area (Å²) in [5.74, 6) is 0.220. The molecule has 2 rings (SSSR count). The van der Waals surface area contributed by atoms with Gasteiger partial charge in [0.2, 0.25) is 10.0 Å². The van der Waals surface area contributed by atoms with E-state index in [2.05, 4.69) is 4.72 Å². The fraction of sp³-hybridized carbons (Fsp3) is 0.500. The molecule has 0 spiro atoms. The Kier molecular flexibility index (Phi) is 4.41. The number of aliphatic hydroxyl groups excluding tert-OH is 1. The lowest BCUT2D eigenvalue weighted by Gasteiger charge is -2.14. The number of hydrogen-bond acceptors (Lipinski definition) is 5. The standard InChI is InChI=1S/C12H17NO5S/c1-17-11-6-9(7-14)2-3-12(11)19(15,16)13-10-4-5-18-8-10/h2-3,6,10,13-14H,4-5,7-8H2,1H3. The van der Waals surface area contributed by atoms with Crippen molar-refractivity contribution < 1.29 is 23.0 Å². The Morgan fingerprint density at radius 1 is 1.53 bits per heavy atom. The molecular weight excluding hydrogens is 270 g/mol. The first kappa shape index (κ1) is 14.3. The van der Waals surface area contributed by atoms with Gasteiger partial charge in [0.1, 0.15) is 10.6 Å². The van der Waals surface area contributed by atoms with E-state index in [1.165, 1.54) is 19.2 Å². The van der Waals surface area contributed by atoms with Crippen LogP contribution in [-0.2, 0) is 21.4 Å². The van der Waals surface area contributed by atoms with E-state index in [9.17, 15) is 8.42 Å². The average molecular weight is 287 g/mol. The smallest absolute Gasteiger partial charge is 0.244 e. The van der Waals surface area contributed by atoms with Crippen LogP contribution in [0, 0.1) is 0 Å². The Morgan fingerprint density at radius 3 is 2.89 bits per heavy atom. The van der Waals surface area contributed by atoms with Crippen molar-refractivity contribution in [1.29, 1.82) is 0 Å². The molecule has 1 aliphatic heterocycles. The third kappa shape index (κ3) is 3.24. The van der Waals surface area contributed by atoms with Gasteiger partial charge in [-0.3, -0.25) is 0 Å². The first-order valence-corrected chi connectivity index (χ1v) is 7.43. The molecule has 1 aromatic rings. The molecular formula is C12H17NO5S. The zero-order valence-electron chi connectivity index (χ0n) is 10.6. The summed E-state index contributed by atoms with van der Waals surface area (Å²) in [4.78, 5) is 0.0686. The van der Waals surface area contributed by atoms with Gasteiger partial charge in [-0.15, -0.1) is 0 Å². The maximum Gasteiger partial charge on any atom is 0.244 e. The van der Waals surface area contributed by atoms with E-state index in [4.69, 9.17) is 14.6 Å². The van der Waals surface area contributed by atoms with Crippen molar-refractivity contribution in [1.82, 2.24) is 4.72 Å². The molecule has 0 radical (unpaired) electrons. The van der Waals surface area contributed by atoms with Gasteiger partial charge in [0, 0.05) is 12.6 Å². The average Bonchev–Trinajstić information content (AvgIpc) is 2.89. The third-order valence-electron chi connectivity index (χ3n) is 2.95. The summed E-state index contributed by atoms with van der Waals surface area (Å²) in [6.07, 6.45) is 0.663. The fourth-order valence-corrected chi connectivity index (χ4v) is 3.35. The molecule has 7 heteroatoms. The van der Waals surface area contributed by atoms with Crippen LogP contribution in [0.5, 0.6) is 5.75 Å². The number of aliphatic hydroxyl groups is 1. The SMILES string of the molecule is COc1cc(CO)ccc1S(=O)(=O)NC1CCOC1. The van der Waals surface area contributed by atoms with E-state index in [1.807, 2.05) is 0 Å². The summed E-state index contributed by atoms with van der Waals surface area (Å²) < 4.78 is 37.3. The molecule has 0 bridgehead atoms. The van der Waals surface area contributed by atoms with Crippen LogP contribution in [0.4, 0.5) is 0 Å². The second kappa shape index (κ2) is 5.87. The van der Waals surface area contributed by atoms with Crippen LogP contribution in [-0.4, -0.2) is 39.9 Å². The molecule has 0 aromatic heterocycles. The molecule has 6 nitrogen and oxygen atoms in total. The van der Waals surface area contributed by atoms with Crippen molar-refractivity contribution in [2.24, 2.45) is 0 Å². The molecule has 1 aromatic carbocycles. The van der Waals surface area contributed by atoms with Gasteiger partial charge in [0.05, 0.1) is 20.3 Å². The molecule has 0 amide bonds. The number of rotatable bonds is 5. The van der Waals surface area contributed by atoms with Crippen LogP contribution < -0.4 is 9.46 Å². The maximum absolute atomic E-state index is 12.3. The highest BCUT2D eigenvalue weighted by Crippen LogP contribution is 2.25. The van der Waals surface area contributed by atoms with Gasteiger partial charge in [-0.05, 0) is 24.1 Å². The van der Waals surface area contributed by atoms with Crippen LogP contribution in [0.25, 0.3) is 0 Å². The minimum absolute atomic E-state index is 0.0686. The Morgan fingerprint density at radius 2 is 2.32 bits per heavy atom. The largest absolute Gasteiger partial charge is 0.495 e. The Hall–Kier alpha value is -1.15. The number of methoxy groups -OCH3 is 1. The molecule has 1 fully saturated rings. The summed E-state index contributed by atoms with van der Waals surface area (Å²) in [6.45, 7) is 0.782. The molecule has 1 saturated heterocycles. The normalized spacial score (nSPS) is 19.6. The van der Waals surface area contributed by atoms with Gasteiger partial charge in [-0.25, -0.2) is 13.1 Å². The third-order valence-corrected chi connectivity index (χ3v) is 4.51. The van der Waals surface area contributed by atoms with E-state index in [0.29, 0.717) is 25.2 Å². The van der Waals surface area contributed by atoms with Gasteiger partial charge < -0.3 is 14.6 Å². The van der Waals surface area contributed by atoms with Crippen molar-refractivity contribution in [2.45, 2.75) is 24.0 Å². The van der Waals surface area contributed by atoms with Gasteiger partial charge >= 0.3 is 0 Å². The molecule has 1 aliphatic rings. The van der Waals surface area contributed by atoms with Crippen LogP contribution in [0.15, 0.2) is 23.1 Å². The van der Waals surface area contributed by atoms with Crippen molar-refractivity contribution in [3.8, 4) is 5.75 Å². The molecule has 106 valence electrons. The first-order valence-electron chi connectivity index (χ1n) is 5.94. The molecule has 1 heterocycles. The predicted molar refractivity (Wildman–Crippen MR) is 68.5 cm³/mol. The second-order valence-electron chi connectivity index (χ2n) is 4.33. The molecule has 0 saturated carbocycles. The molecule has 19 heavy (non-hydrogen) atoms. The Labute approximate surface area is 112 Å². The molecule has 1 atom stereocenters. The fourth-order valence-electron chi connectivity index (χ4n) is 1.94. The Balaban J connectivity index is 2.28.